The number of nitrogens with zero attached hydrogens (tertiary/aromatic N) is 8. The van der Waals surface area contributed by atoms with Crippen LogP contribution in [0, 0.1) is 5.92 Å². The summed E-state index contributed by atoms with van der Waals surface area (Å²) in [6, 6.07) is 4.00. The molecule has 0 bridgehead atoms. The first-order chi connectivity index (χ1) is 16.0. The van der Waals surface area contributed by atoms with Gasteiger partial charge in [0.05, 0.1) is 24.0 Å². The van der Waals surface area contributed by atoms with E-state index in [-0.39, 0.29) is 23.7 Å². The van der Waals surface area contributed by atoms with Gasteiger partial charge in [-0.3, -0.25) is 13.9 Å². The molecule has 5 heterocycles. The van der Waals surface area contributed by atoms with Gasteiger partial charge in [-0.25, -0.2) is 9.66 Å². The first-order valence-corrected chi connectivity index (χ1v) is 11.3. The third-order valence-electron chi connectivity index (χ3n) is 6.46. The lowest BCUT2D eigenvalue weighted by Crippen LogP contribution is -2.22. The van der Waals surface area contributed by atoms with Crippen LogP contribution in [0.2, 0.25) is 0 Å². The van der Waals surface area contributed by atoms with Crippen LogP contribution < -0.4 is 5.32 Å². The molecule has 2 atom stereocenters. The minimum absolute atomic E-state index is 0.0355. The molecule has 0 radical (unpaired) electrons. The van der Waals surface area contributed by atoms with Crippen molar-refractivity contribution in [2.75, 3.05) is 5.32 Å². The van der Waals surface area contributed by atoms with E-state index in [1.165, 1.54) is 0 Å². The zero-order valence-electron chi connectivity index (χ0n) is 18.8. The average molecular weight is 444 g/mol. The lowest BCUT2D eigenvalue weighted by Gasteiger charge is -2.22. The molecule has 1 aliphatic heterocycles. The lowest BCUT2D eigenvalue weighted by atomic mass is 9.93. The van der Waals surface area contributed by atoms with Crippen molar-refractivity contribution in [2.24, 2.45) is 18.1 Å². The summed E-state index contributed by atoms with van der Waals surface area (Å²) in [6.07, 6.45) is 10.4. The van der Waals surface area contributed by atoms with E-state index in [0.717, 1.165) is 53.4 Å². The Hall–Kier alpha value is -3.82. The van der Waals surface area contributed by atoms with Crippen molar-refractivity contribution >= 4 is 23.1 Å². The number of pyridine rings is 1. The van der Waals surface area contributed by atoms with Crippen molar-refractivity contribution in [3.63, 3.8) is 0 Å². The third-order valence-corrected chi connectivity index (χ3v) is 6.46. The van der Waals surface area contributed by atoms with E-state index >= 15 is 0 Å². The quantitative estimate of drug-likeness (QED) is 0.510. The summed E-state index contributed by atoms with van der Waals surface area (Å²) in [5.74, 6) is 2.60. The Morgan fingerprint density at radius 2 is 2.00 bits per heavy atom. The van der Waals surface area contributed by atoms with Gasteiger partial charge in [-0.05, 0) is 38.3 Å². The summed E-state index contributed by atoms with van der Waals surface area (Å²) in [6.45, 7) is 4.24. The van der Waals surface area contributed by atoms with Gasteiger partial charge >= 0.3 is 0 Å². The molecule has 1 amide bonds. The maximum Gasteiger partial charge on any atom is 0.228 e. The molecule has 0 aromatic carbocycles. The Morgan fingerprint density at radius 1 is 1.15 bits per heavy atom. The van der Waals surface area contributed by atoms with Crippen molar-refractivity contribution in [3.8, 4) is 11.1 Å². The van der Waals surface area contributed by atoms with Crippen molar-refractivity contribution in [2.45, 2.75) is 44.9 Å². The molecular weight excluding hydrogens is 418 g/mol. The smallest absolute Gasteiger partial charge is 0.228 e. The van der Waals surface area contributed by atoms with Crippen molar-refractivity contribution < 1.29 is 4.79 Å². The zero-order chi connectivity index (χ0) is 22.7. The van der Waals surface area contributed by atoms with Gasteiger partial charge in [-0.15, -0.1) is 10.2 Å². The van der Waals surface area contributed by atoms with Crippen LogP contribution in [0.1, 0.15) is 56.6 Å². The largest absolute Gasteiger partial charge is 0.309 e. The number of hydrogen-bond acceptors (Lipinski definition) is 6. The Labute approximate surface area is 190 Å². The molecule has 6 rings (SSSR count). The Balaban J connectivity index is 1.32. The molecular formula is C23H25N9O. The van der Waals surface area contributed by atoms with E-state index in [4.69, 9.17) is 5.10 Å². The van der Waals surface area contributed by atoms with Crippen molar-refractivity contribution in [3.05, 3.63) is 48.6 Å². The number of fused-ring (bicyclic) bond motifs is 2. The average Bonchev–Trinajstić information content (AvgIpc) is 3.22. The number of carbonyl (C=O) groups is 1. The number of amides is 1. The summed E-state index contributed by atoms with van der Waals surface area (Å²) in [4.78, 5) is 16.8. The molecule has 4 aromatic rings. The van der Waals surface area contributed by atoms with Crippen molar-refractivity contribution in [1.82, 2.24) is 34.0 Å². The van der Waals surface area contributed by atoms with Crippen molar-refractivity contribution in [1.29, 1.82) is 0 Å². The highest BCUT2D eigenvalue weighted by Crippen LogP contribution is 2.33. The summed E-state index contributed by atoms with van der Waals surface area (Å²) >= 11 is 0. The summed E-state index contributed by atoms with van der Waals surface area (Å²) in [5, 5.41) is 20.9. The normalized spacial score (nSPS) is 18.8. The number of rotatable bonds is 5. The summed E-state index contributed by atoms with van der Waals surface area (Å²) in [5.41, 5.74) is 3.89. The first kappa shape index (κ1) is 19.8. The van der Waals surface area contributed by atoms with Gasteiger partial charge in [0.1, 0.15) is 11.6 Å². The van der Waals surface area contributed by atoms with Crippen LogP contribution >= 0.6 is 0 Å². The van der Waals surface area contributed by atoms with E-state index in [0.29, 0.717) is 5.82 Å². The fraction of sp³-hybridized carbons (Fsp3) is 0.391. The van der Waals surface area contributed by atoms with Crippen LogP contribution in [0.5, 0.6) is 0 Å². The monoisotopic (exact) mass is 443 g/mol. The molecule has 10 nitrogen and oxygen atoms in total. The van der Waals surface area contributed by atoms with E-state index in [9.17, 15) is 4.79 Å². The fourth-order valence-corrected chi connectivity index (χ4v) is 4.38. The molecule has 0 saturated heterocycles. The fourth-order valence-electron chi connectivity index (χ4n) is 4.38. The molecule has 10 heteroatoms. The van der Waals surface area contributed by atoms with Crippen LogP contribution in [-0.2, 0) is 11.8 Å². The molecule has 1 fully saturated rings. The Bertz CT molecular complexity index is 1400. The van der Waals surface area contributed by atoms with Gasteiger partial charge in [0.2, 0.25) is 5.91 Å². The highest BCUT2D eigenvalue weighted by atomic mass is 16.2. The van der Waals surface area contributed by atoms with E-state index in [2.05, 4.69) is 45.6 Å². The SMILES string of the molecule is CC1CC(C(C)c2nnc3ccc(-c4cnn(C)c4)cn23)=Nn2cc(NC(=O)C3CC3)nc21. The molecule has 1 aliphatic carbocycles. The number of anilines is 1. The second kappa shape index (κ2) is 7.36. The highest BCUT2D eigenvalue weighted by molar-refractivity contribution is 5.94. The van der Waals surface area contributed by atoms with Gasteiger partial charge in [0, 0.05) is 42.4 Å². The van der Waals surface area contributed by atoms with Gasteiger partial charge in [-0.1, -0.05) is 6.92 Å². The standard InChI is InChI=1S/C23H25N9O/c1-13-8-18(29-32-12-19(25-21(13)32)26-23(33)15-4-5-15)14(2)22-28-27-20-7-6-16(11-31(20)22)17-9-24-30(3)10-17/h6-7,9-15H,4-5,8H2,1-3H3,(H,26,33). The number of aromatic nitrogens is 7. The maximum absolute atomic E-state index is 12.1. The molecule has 1 N–H and O–H groups in total. The zero-order valence-corrected chi connectivity index (χ0v) is 18.8. The molecule has 4 aromatic heterocycles. The number of imidazole rings is 1. The first-order valence-electron chi connectivity index (χ1n) is 11.3. The molecule has 168 valence electrons. The number of carbonyl (C=O) groups excluding carboxylic acids is 1. The van der Waals surface area contributed by atoms with Crippen LogP contribution in [-0.4, -0.2) is 45.7 Å². The van der Waals surface area contributed by atoms with Crippen LogP contribution in [0.4, 0.5) is 5.82 Å². The molecule has 2 unspecified atom stereocenters. The second-order valence-electron chi connectivity index (χ2n) is 9.12. The molecule has 33 heavy (non-hydrogen) atoms. The van der Waals surface area contributed by atoms with Gasteiger partial charge in [-0.2, -0.15) is 10.2 Å². The van der Waals surface area contributed by atoms with Gasteiger partial charge in [0.15, 0.2) is 11.5 Å². The minimum atomic E-state index is -0.0355. The van der Waals surface area contributed by atoms with Crippen LogP contribution in [0.15, 0.2) is 42.0 Å². The maximum atomic E-state index is 12.1. The van der Waals surface area contributed by atoms with Crippen LogP contribution in [0.3, 0.4) is 0 Å². The molecule has 2 aliphatic rings. The van der Waals surface area contributed by atoms with Gasteiger partial charge in [0.25, 0.3) is 0 Å². The lowest BCUT2D eigenvalue weighted by molar-refractivity contribution is -0.117. The summed E-state index contributed by atoms with van der Waals surface area (Å²) < 4.78 is 5.62. The van der Waals surface area contributed by atoms with E-state index in [1.807, 2.05) is 36.0 Å². The minimum Gasteiger partial charge on any atom is -0.309 e. The summed E-state index contributed by atoms with van der Waals surface area (Å²) in [7, 11) is 1.91. The molecule has 0 spiro atoms. The van der Waals surface area contributed by atoms with E-state index in [1.54, 1.807) is 15.6 Å². The topological polar surface area (TPSA) is 107 Å². The predicted octanol–water partition coefficient (Wildman–Crippen LogP) is 3.19. The Kier molecular flexibility index (Phi) is 4.42. The number of aryl methyl sites for hydroxylation is 1. The molecule has 1 saturated carbocycles. The van der Waals surface area contributed by atoms with Gasteiger partial charge < -0.3 is 5.32 Å². The number of hydrogen-bond donors (Lipinski definition) is 1. The Morgan fingerprint density at radius 3 is 2.76 bits per heavy atom. The highest BCUT2D eigenvalue weighted by Gasteiger charge is 2.32. The number of nitrogens with one attached hydrogen (secondary N) is 1. The van der Waals surface area contributed by atoms with Crippen LogP contribution in [0.25, 0.3) is 16.8 Å². The third kappa shape index (κ3) is 3.51. The predicted molar refractivity (Wildman–Crippen MR) is 123 cm³/mol. The second-order valence-corrected chi connectivity index (χ2v) is 9.12. The van der Waals surface area contributed by atoms with E-state index < -0.39 is 0 Å².